The maximum absolute atomic E-state index is 12.8. The highest BCUT2D eigenvalue weighted by Crippen LogP contribution is 2.16. The largest absolute Gasteiger partial charge is 0.462 e. The Balaban J connectivity index is 4.39. The number of hydrogen-bond donors (Lipinski definition) is 0. The Morgan fingerprint density at radius 1 is 0.333 bits per heavy atom. The number of carbonyl (C=O) groups excluding carboxylic acids is 3. The lowest BCUT2D eigenvalue weighted by molar-refractivity contribution is -0.167. The molecule has 63 heavy (non-hydrogen) atoms. The normalized spacial score (nSPS) is 12.5. The molecule has 0 aliphatic carbocycles. The van der Waals surface area contributed by atoms with Crippen LogP contribution in [0, 0.1) is 0 Å². The van der Waals surface area contributed by atoms with Gasteiger partial charge in [-0.2, -0.15) is 0 Å². The predicted octanol–water partition coefficient (Wildman–Crippen LogP) is 17.6. The van der Waals surface area contributed by atoms with Crippen LogP contribution >= 0.6 is 0 Å². The average molecular weight is 881 g/mol. The maximum Gasteiger partial charge on any atom is 0.306 e. The van der Waals surface area contributed by atoms with Gasteiger partial charge in [-0.05, 0) is 64.2 Å². The standard InChI is InChI=1S/C57H100O6/c1-4-7-10-13-16-19-22-25-27-28-30-32-35-38-41-44-47-50-56(59)62-53-54(52-61-55(58)49-46-43-40-37-34-31-24-21-18-15-12-9-6-3)63-57(60)51-48-45-42-39-36-33-29-26-23-20-17-14-11-8-5-2/h9,12,15,17-18,20-21,23-24,26,54H,4-8,10-11,13-14,16,19,22,25,27-53H2,1-3H3/b12-9-,18-15-,20-17-,24-21-,26-23-. The van der Waals surface area contributed by atoms with E-state index in [4.69, 9.17) is 14.2 Å². The molecule has 0 N–H and O–H groups in total. The van der Waals surface area contributed by atoms with Gasteiger partial charge >= 0.3 is 17.9 Å². The zero-order valence-corrected chi connectivity index (χ0v) is 41.6. The topological polar surface area (TPSA) is 78.9 Å². The minimum Gasteiger partial charge on any atom is -0.462 e. The molecule has 1 unspecified atom stereocenters. The molecule has 0 aromatic rings. The lowest BCUT2D eigenvalue weighted by Crippen LogP contribution is -2.30. The molecule has 0 rings (SSSR count). The second-order valence-corrected chi connectivity index (χ2v) is 17.9. The first kappa shape index (κ1) is 60.1. The first-order valence-corrected chi connectivity index (χ1v) is 26.8. The minimum absolute atomic E-state index is 0.0837. The van der Waals surface area contributed by atoms with Crippen molar-refractivity contribution in [3.8, 4) is 0 Å². The van der Waals surface area contributed by atoms with Gasteiger partial charge in [0.2, 0.25) is 0 Å². The summed E-state index contributed by atoms with van der Waals surface area (Å²) in [5, 5.41) is 0. The van der Waals surface area contributed by atoms with E-state index >= 15 is 0 Å². The molecule has 0 bridgehead atoms. The Hall–Kier alpha value is -2.89. The van der Waals surface area contributed by atoms with Crippen molar-refractivity contribution in [1.82, 2.24) is 0 Å². The Labute approximate surface area is 390 Å². The number of hydrogen-bond acceptors (Lipinski definition) is 6. The Kier molecular flexibility index (Phi) is 49.4. The fourth-order valence-electron chi connectivity index (χ4n) is 7.55. The second-order valence-electron chi connectivity index (χ2n) is 17.9. The van der Waals surface area contributed by atoms with Crippen molar-refractivity contribution >= 4 is 17.9 Å². The molecule has 6 nitrogen and oxygen atoms in total. The van der Waals surface area contributed by atoms with Crippen molar-refractivity contribution in [3.05, 3.63) is 60.8 Å². The average Bonchev–Trinajstić information content (AvgIpc) is 3.28. The molecular weight excluding hydrogens is 781 g/mol. The molecule has 0 saturated carbocycles. The number of carbonyl (C=O) groups is 3. The SMILES string of the molecule is CC\C=C/C=C\C=C/CCCCCCCC(=O)OCC(COC(=O)CCCCCCCCCCCCCCCCCCC)OC(=O)CCCCCCCC/C=C\C=C/CCCCC. The predicted molar refractivity (Wildman–Crippen MR) is 270 cm³/mol. The summed E-state index contributed by atoms with van der Waals surface area (Å²) >= 11 is 0. The molecule has 364 valence electrons. The van der Waals surface area contributed by atoms with E-state index in [-0.39, 0.29) is 31.1 Å². The number of rotatable bonds is 48. The molecule has 0 aliphatic heterocycles. The number of unbranched alkanes of at least 4 members (excludes halogenated alkanes) is 30. The van der Waals surface area contributed by atoms with E-state index in [1.165, 1.54) is 128 Å². The first-order chi connectivity index (χ1) is 31.0. The third kappa shape index (κ3) is 50.0. The number of ether oxygens (including phenoxy) is 3. The van der Waals surface area contributed by atoms with Gasteiger partial charge in [-0.1, -0.05) is 242 Å². The summed E-state index contributed by atoms with van der Waals surface area (Å²) in [6.07, 6.45) is 63.5. The highest BCUT2D eigenvalue weighted by Gasteiger charge is 2.19. The van der Waals surface area contributed by atoms with Crippen molar-refractivity contribution in [2.24, 2.45) is 0 Å². The van der Waals surface area contributed by atoms with Gasteiger partial charge in [-0.15, -0.1) is 0 Å². The van der Waals surface area contributed by atoms with Crippen LogP contribution in [0.5, 0.6) is 0 Å². The lowest BCUT2D eigenvalue weighted by atomic mass is 10.0. The molecule has 0 heterocycles. The van der Waals surface area contributed by atoms with Crippen molar-refractivity contribution in [2.75, 3.05) is 13.2 Å². The fourth-order valence-corrected chi connectivity index (χ4v) is 7.55. The van der Waals surface area contributed by atoms with E-state index < -0.39 is 6.10 Å². The Morgan fingerprint density at radius 3 is 1.00 bits per heavy atom. The van der Waals surface area contributed by atoms with Crippen LogP contribution in [-0.2, 0) is 28.6 Å². The summed E-state index contributed by atoms with van der Waals surface area (Å²) < 4.78 is 16.8. The summed E-state index contributed by atoms with van der Waals surface area (Å²) in [5.74, 6) is -0.909. The van der Waals surface area contributed by atoms with E-state index in [2.05, 4.69) is 81.5 Å². The van der Waals surface area contributed by atoms with Crippen molar-refractivity contribution in [1.29, 1.82) is 0 Å². The molecule has 0 aliphatic rings. The van der Waals surface area contributed by atoms with Gasteiger partial charge in [0, 0.05) is 19.3 Å². The minimum atomic E-state index is -0.786. The van der Waals surface area contributed by atoms with Crippen LogP contribution in [-0.4, -0.2) is 37.2 Å². The number of esters is 3. The van der Waals surface area contributed by atoms with E-state index in [9.17, 15) is 14.4 Å². The van der Waals surface area contributed by atoms with E-state index in [1.54, 1.807) is 0 Å². The van der Waals surface area contributed by atoms with E-state index in [0.29, 0.717) is 19.3 Å². The monoisotopic (exact) mass is 881 g/mol. The van der Waals surface area contributed by atoms with Crippen LogP contribution in [0.1, 0.15) is 265 Å². The zero-order valence-electron chi connectivity index (χ0n) is 41.6. The molecule has 6 heteroatoms. The van der Waals surface area contributed by atoms with Crippen LogP contribution < -0.4 is 0 Å². The first-order valence-electron chi connectivity index (χ1n) is 26.8. The quantitative estimate of drug-likeness (QED) is 0.0262. The van der Waals surface area contributed by atoms with Crippen LogP contribution in [0.25, 0.3) is 0 Å². The van der Waals surface area contributed by atoms with Crippen molar-refractivity contribution in [3.63, 3.8) is 0 Å². The molecule has 0 aromatic heterocycles. The molecule has 0 spiro atoms. The van der Waals surface area contributed by atoms with Crippen molar-refractivity contribution < 1.29 is 28.6 Å². The van der Waals surface area contributed by atoms with Gasteiger partial charge in [0.05, 0.1) is 0 Å². The number of allylic oxidation sites excluding steroid dienone is 10. The van der Waals surface area contributed by atoms with Crippen molar-refractivity contribution in [2.45, 2.75) is 271 Å². The van der Waals surface area contributed by atoms with Gasteiger partial charge in [-0.25, -0.2) is 0 Å². The second kappa shape index (κ2) is 51.7. The van der Waals surface area contributed by atoms with Gasteiger partial charge < -0.3 is 14.2 Å². The molecule has 0 amide bonds. The lowest BCUT2D eigenvalue weighted by Gasteiger charge is -2.18. The summed E-state index contributed by atoms with van der Waals surface area (Å²) in [5.41, 5.74) is 0. The molecule has 0 aromatic carbocycles. The third-order valence-corrected chi connectivity index (χ3v) is 11.6. The fraction of sp³-hybridized carbons (Fsp3) is 0.772. The van der Waals surface area contributed by atoms with Crippen LogP contribution in [0.4, 0.5) is 0 Å². The summed E-state index contributed by atoms with van der Waals surface area (Å²) in [6.45, 7) is 6.47. The summed E-state index contributed by atoms with van der Waals surface area (Å²) in [6, 6.07) is 0. The third-order valence-electron chi connectivity index (χ3n) is 11.6. The van der Waals surface area contributed by atoms with E-state index in [1.807, 2.05) is 0 Å². The summed E-state index contributed by atoms with van der Waals surface area (Å²) in [7, 11) is 0. The van der Waals surface area contributed by atoms with Crippen LogP contribution in [0.15, 0.2) is 60.8 Å². The zero-order chi connectivity index (χ0) is 45.8. The van der Waals surface area contributed by atoms with Gasteiger partial charge in [-0.3, -0.25) is 14.4 Å². The van der Waals surface area contributed by atoms with E-state index in [0.717, 1.165) is 96.3 Å². The molecule has 0 radical (unpaired) electrons. The molecule has 0 fully saturated rings. The maximum atomic E-state index is 12.8. The van der Waals surface area contributed by atoms with Gasteiger partial charge in [0.15, 0.2) is 6.10 Å². The van der Waals surface area contributed by atoms with Crippen LogP contribution in [0.2, 0.25) is 0 Å². The molecule has 0 saturated heterocycles. The summed E-state index contributed by atoms with van der Waals surface area (Å²) in [4.78, 5) is 38.0. The van der Waals surface area contributed by atoms with Gasteiger partial charge in [0.25, 0.3) is 0 Å². The highest BCUT2D eigenvalue weighted by molar-refractivity contribution is 5.71. The Morgan fingerprint density at radius 2 is 0.619 bits per heavy atom. The van der Waals surface area contributed by atoms with Crippen LogP contribution in [0.3, 0.4) is 0 Å². The molecular formula is C57H100O6. The highest BCUT2D eigenvalue weighted by atomic mass is 16.6. The Bertz CT molecular complexity index is 1150. The smallest absolute Gasteiger partial charge is 0.306 e. The van der Waals surface area contributed by atoms with Gasteiger partial charge in [0.1, 0.15) is 13.2 Å². The molecule has 1 atom stereocenters.